The molecule has 0 saturated carbocycles. The van der Waals surface area contributed by atoms with Crippen LogP contribution < -0.4 is 0 Å². The molecule has 6 rings (SSSR count). The van der Waals surface area contributed by atoms with Crippen molar-refractivity contribution < 1.29 is 0 Å². The Morgan fingerprint density at radius 1 is 0.786 bits per heavy atom. The highest BCUT2D eigenvalue weighted by Gasteiger charge is 2.37. The standard InChI is InChI=1S/C25H18BrNS/c1-25(2)19-13-16(15-8-4-3-5-9-15)12-18-17-10-6-7-11-21(17)27(23(18)19)24-20(25)14-22(26)28-24/h3-14H,1-2H3. The lowest BCUT2D eigenvalue weighted by Gasteiger charge is -2.32. The minimum absolute atomic E-state index is 0.0503. The number of aromatic nitrogens is 1. The number of halogens is 1. The number of rotatable bonds is 1. The van der Waals surface area contributed by atoms with E-state index in [-0.39, 0.29) is 5.41 Å². The second kappa shape index (κ2) is 5.59. The van der Waals surface area contributed by atoms with Gasteiger partial charge in [0.2, 0.25) is 0 Å². The van der Waals surface area contributed by atoms with Gasteiger partial charge in [0.05, 0.1) is 14.8 Å². The molecule has 0 fully saturated rings. The number of benzene rings is 3. The van der Waals surface area contributed by atoms with Crippen molar-refractivity contribution in [2.45, 2.75) is 19.3 Å². The molecule has 0 N–H and O–H groups in total. The monoisotopic (exact) mass is 443 g/mol. The Labute approximate surface area is 176 Å². The Bertz CT molecular complexity index is 1390. The fourth-order valence-electron chi connectivity index (χ4n) is 4.69. The first-order valence-corrected chi connectivity index (χ1v) is 11.1. The highest BCUT2D eigenvalue weighted by atomic mass is 79.9. The number of thiophene rings is 1. The van der Waals surface area contributed by atoms with Gasteiger partial charge in [-0.25, -0.2) is 0 Å². The SMILES string of the molecule is CC1(C)c2cc(Br)sc2-n2c3ccccc3c3cc(-c4ccccc4)cc1c32. The van der Waals surface area contributed by atoms with Crippen molar-refractivity contribution in [3.63, 3.8) is 0 Å². The molecule has 2 aromatic heterocycles. The van der Waals surface area contributed by atoms with Gasteiger partial charge in [-0.2, -0.15) is 0 Å². The van der Waals surface area contributed by atoms with Crippen LogP contribution >= 0.6 is 27.3 Å². The largest absolute Gasteiger partial charge is 0.300 e. The van der Waals surface area contributed by atoms with Crippen LogP contribution in [0.2, 0.25) is 0 Å². The topological polar surface area (TPSA) is 4.93 Å². The Balaban J connectivity index is 1.85. The third-order valence-corrected chi connectivity index (χ3v) is 7.73. The molecule has 0 saturated heterocycles. The van der Waals surface area contributed by atoms with Gasteiger partial charge in [0.15, 0.2) is 0 Å². The van der Waals surface area contributed by atoms with E-state index in [2.05, 4.69) is 107 Å². The smallest absolute Gasteiger partial charge is 0.105 e. The minimum atomic E-state index is -0.0503. The average Bonchev–Trinajstić information content (AvgIpc) is 3.26. The van der Waals surface area contributed by atoms with Crippen LogP contribution in [0.25, 0.3) is 37.9 Å². The number of hydrogen-bond donors (Lipinski definition) is 0. The van der Waals surface area contributed by atoms with Crippen LogP contribution in [0, 0.1) is 0 Å². The Morgan fingerprint density at radius 2 is 1.54 bits per heavy atom. The van der Waals surface area contributed by atoms with Crippen molar-refractivity contribution in [3.8, 4) is 16.1 Å². The van der Waals surface area contributed by atoms with Crippen LogP contribution in [-0.2, 0) is 5.41 Å². The molecule has 0 radical (unpaired) electrons. The summed E-state index contributed by atoms with van der Waals surface area (Å²) < 4.78 is 3.66. The maximum atomic E-state index is 3.75. The van der Waals surface area contributed by atoms with Gasteiger partial charge in [0.1, 0.15) is 5.00 Å². The maximum Gasteiger partial charge on any atom is 0.105 e. The molecule has 1 aliphatic rings. The van der Waals surface area contributed by atoms with Crippen LogP contribution in [0.4, 0.5) is 0 Å². The fourth-order valence-corrected chi connectivity index (χ4v) is 6.45. The summed E-state index contributed by atoms with van der Waals surface area (Å²) in [6, 6.07) is 26.6. The first kappa shape index (κ1) is 16.6. The van der Waals surface area contributed by atoms with Crippen LogP contribution in [0.15, 0.2) is 76.6 Å². The molecule has 3 heteroatoms. The predicted octanol–water partition coefficient (Wildman–Crippen LogP) is 7.91. The second-order valence-electron chi connectivity index (χ2n) is 8.03. The van der Waals surface area contributed by atoms with Crippen LogP contribution in [0.1, 0.15) is 25.0 Å². The molecule has 3 aromatic carbocycles. The lowest BCUT2D eigenvalue weighted by Crippen LogP contribution is -2.24. The van der Waals surface area contributed by atoms with Gasteiger partial charge >= 0.3 is 0 Å². The molecule has 0 unspecified atom stereocenters. The predicted molar refractivity (Wildman–Crippen MR) is 124 cm³/mol. The molecule has 3 heterocycles. The summed E-state index contributed by atoms with van der Waals surface area (Å²) in [5.41, 5.74) is 7.94. The van der Waals surface area contributed by atoms with Gasteiger partial charge < -0.3 is 4.57 Å². The molecule has 5 aromatic rings. The molecule has 0 amide bonds. The van der Waals surface area contributed by atoms with E-state index in [4.69, 9.17) is 0 Å². The summed E-state index contributed by atoms with van der Waals surface area (Å²) in [6.45, 7) is 4.71. The molecule has 0 atom stereocenters. The third-order valence-electron chi connectivity index (χ3n) is 6.11. The highest BCUT2D eigenvalue weighted by molar-refractivity contribution is 9.11. The van der Waals surface area contributed by atoms with Crippen LogP contribution in [-0.4, -0.2) is 4.57 Å². The second-order valence-corrected chi connectivity index (χ2v) is 10.4. The van der Waals surface area contributed by atoms with Gasteiger partial charge in [-0.1, -0.05) is 62.4 Å². The number of hydrogen-bond acceptors (Lipinski definition) is 1. The first-order chi connectivity index (χ1) is 13.6. The summed E-state index contributed by atoms with van der Waals surface area (Å²) in [5, 5.41) is 4.00. The Hall–Kier alpha value is -2.36. The molecule has 0 aliphatic carbocycles. The van der Waals surface area contributed by atoms with E-state index in [1.54, 1.807) is 0 Å². The minimum Gasteiger partial charge on any atom is -0.300 e. The molecule has 0 spiro atoms. The van der Waals surface area contributed by atoms with Gasteiger partial charge in [-0.05, 0) is 62.4 Å². The molecule has 1 nitrogen and oxygen atoms in total. The number of fused-ring (bicyclic) bond motifs is 5. The third kappa shape index (κ3) is 2.06. The molecule has 1 aliphatic heterocycles. The van der Waals surface area contributed by atoms with Gasteiger partial charge in [-0.3, -0.25) is 0 Å². The maximum absolute atomic E-state index is 3.75. The van der Waals surface area contributed by atoms with E-state index < -0.39 is 0 Å². The zero-order chi connectivity index (χ0) is 19.0. The molecular formula is C25H18BrNS. The van der Waals surface area contributed by atoms with E-state index in [0.29, 0.717) is 0 Å². The summed E-state index contributed by atoms with van der Waals surface area (Å²) in [5.74, 6) is 0. The van der Waals surface area contributed by atoms with Gasteiger partial charge in [0.25, 0.3) is 0 Å². The van der Waals surface area contributed by atoms with E-state index in [0.717, 1.165) is 0 Å². The Morgan fingerprint density at radius 3 is 2.36 bits per heavy atom. The first-order valence-electron chi connectivity index (χ1n) is 9.49. The number of nitrogens with zero attached hydrogens (tertiary/aromatic N) is 1. The van der Waals surface area contributed by atoms with Crippen molar-refractivity contribution in [3.05, 3.63) is 87.7 Å². The van der Waals surface area contributed by atoms with Gasteiger partial charge in [-0.15, -0.1) is 11.3 Å². The van der Waals surface area contributed by atoms with E-state index in [9.17, 15) is 0 Å². The Kier molecular flexibility index (Phi) is 3.31. The molecule has 0 bridgehead atoms. The van der Waals surface area contributed by atoms with Crippen LogP contribution in [0.5, 0.6) is 0 Å². The molecule has 28 heavy (non-hydrogen) atoms. The summed E-state index contributed by atoms with van der Waals surface area (Å²) in [4.78, 5) is 0. The summed E-state index contributed by atoms with van der Waals surface area (Å²) in [7, 11) is 0. The van der Waals surface area contributed by atoms with Crippen LogP contribution in [0.3, 0.4) is 0 Å². The van der Waals surface area contributed by atoms with Crippen molar-refractivity contribution in [1.82, 2.24) is 4.57 Å². The summed E-state index contributed by atoms with van der Waals surface area (Å²) in [6.07, 6.45) is 0. The zero-order valence-electron chi connectivity index (χ0n) is 15.7. The summed E-state index contributed by atoms with van der Waals surface area (Å²) >= 11 is 5.57. The van der Waals surface area contributed by atoms with Crippen molar-refractivity contribution in [1.29, 1.82) is 0 Å². The van der Waals surface area contributed by atoms with Gasteiger partial charge in [0, 0.05) is 16.2 Å². The lowest BCUT2D eigenvalue weighted by atomic mass is 9.75. The van der Waals surface area contributed by atoms with E-state index in [1.165, 1.54) is 52.8 Å². The fraction of sp³-hybridized carbons (Fsp3) is 0.120. The zero-order valence-corrected chi connectivity index (χ0v) is 18.1. The molecule has 136 valence electrons. The van der Waals surface area contributed by atoms with E-state index >= 15 is 0 Å². The van der Waals surface area contributed by atoms with Crippen molar-refractivity contribution >= 4 is 49.1 Å². The van der Waals surface area contributed by atoms with E-state index in [1.807, 2.05) is 11.3 Å². The van der Waals surface area contributed by atoms with Crippen molar-refractivity contribution in [2.24, 2.45) is 0 Å². The average molecular weight is 444 g/mol. The lowest BCUT2D eigenvalue weighted by molar-refractivity contribution is 0.635. The quantitative estimate of drug-likeness (QED) is 0.248. The highest BCUT2D eigenvalue weighted by Crippen LogP contribution is 2.51. The molecular weight excluding hydrogens is 426 g/mol. The van der Waals surface area contributed by atoms with Crippen molar-refractivity contribution in [2.75, 3.05) is 0 Å². The normalized spacial score (nSPS) is 14.5. The number of para-hydroxylation sites is 1.